The van der Waals surface area contributed by atoms with E-state index in [1.807, 2.05) is 26.8 Å². The van der Waals surface area contributed by atoms with E-state index >= 15 is 0 Å². The van der Waals surface area contributed by atoms with E-state index in [1.54, 1.807) is 0 Å². The Morgan fingerprint density at radius 1 is 1.00 bits per heavy atom. The van der Waals surface area contributed by atoms with Gasteiger partial charge < -0.3 is 13.6 Å². The van der Waals surface area contributed by atoms with Crippen molar-refractivity contribution < 1.29 is 13.6 Å². The molecule has 18 heavy (non-hydrogen) atoms. The molecule has 0 rings (SSSR count). The van der Waals surface area contributed by atoms with Crippen LogP contribution in [0.5, 0.6) is 0 Å². The largest absolute Gasteiger partial charge is 0.395 e. The van der Waals surface area contributed by atoms with E-state index < -0.39 is 8.56 Å². The third-order valence-electron chi connectivity index (χ3n) is 2.31. The topological polar surface area (TPSA) is 27.7 Å². The van der Waals surface area contributed by atoms with Crippen molar-refractivity contribution in [3.05, 3.63) is 12.7 Å². The molecule has 0 saturated heterocycles. The van der Waals surface area contributed by atoms with Crippen LogP contribution in [0.4, 0.5) is 0 Å². The Kier molecular flexibility index (Phi) is 16.7. The van der Waals surface area contributed by atoms with Gasteiger partial charge in [-0.25, -0.2) is 0 Å². The molecule has 0 N–H and O–H groups in total. The van der Waals surface area contributed by atoms with Gasteiger partial charge in [0.05, 0.1) is 0 Å². The van der Waals surface area contributed by atoms with Crippen molar-refractivity contribution >= 4 is 8.56 Å². The van der Waals surface area contributed by atoms with Crippen LogP contribution in [0.3, 0.4) is 0 Å². The second kappa shape index (κ2) is 14.9. The molecule has 0 aromatic rings. The predicted octanol–water partition coefficient (Wildman–Crippen LogP) is 4.14. The van der Waals surface area contributed by atoms with E-state index in [-0.39, 0.29) is 0 Å². The molecule has 0 aliphatic carbocycles. The minimum absolute atomic E-state index is 0.747. The summed E-state index contributed by atoms with van der Waals surface area (Å²) in [5.41, 5.74) is 0. The molecule has 0 radical (unpaired) electrons. The minimum atomic E-state index is -1.88. The Labute approximate surface area is 115 Å². The van der Waals surface area contributed by atoms with Gasteiger partial charge in [0.25, 0.3) is 0 Å². The van der Waals surface area contributed by atoms with E-state index in [0.717, 1.165) is 45.3 Å². The van der Waals surface area contributed by atoms with Gasteiger partial charge in [0.15, 0.2) is 0 Å². The standard InChI is InChI=1S/C10H24O3Si.C4H8/c1-5-11-9-8-10-14(4,12-6-2)13-7-3;1-3-4-2/h5-10H2,1-4H3;3H,1,4H2,2H3. The van der Waals surface area contributed by atoms with E-state index in [0.29, 0.717) is 0 Å². The van der Waals surface area contributed by atoms with Crippen molar-refractivity contribution in [3.63, 3.8) is 0 Å². The van der Waals surface area contributed by atoms with Crippen LogP contribution in [0.15, 0.2) is 12.7 Å². The summed E-state index contributed by atoms with van der Waals surface area (Å²) in [6.07, 6.45) is 4.00. The summed E-state index contributed by atoms with van der Waals surface area (Å²) in [6.45, 7) is 16.8. The molecule has 0 heterocycles. The first-order chi connectivity index (χ1) is 8.60. The molecular weight excluding hydrogens is 244 g/mol. The maximum atomic E-state index is 5.71. The molecule has 0 amide bonds. The van der Waals surface area contributed by atoms with Gasteiger partial charge in [0.2, 0.25) is 0 Å². The quantitative estimate of drug-likeness (QED) is 0.341. The van der Waals surface area contributed by atoms with E-state index in [4.69, 9.17) is 13.6 Å². The predicted molar refractivity (Wildman–Crippen MR) is 81.3 cm³/mol. The lowest BCUT2D eigenvalue weighted by atomic mass is 10.5. The monoisotopic (exact) mass is 276 g/mol. The lowest BCUT2D eigenvalue weighted by molar-refractivity contribution is 0.140. The molecule has 4 heteroatoms. The first-order valence-corrected chi connectivity index (χ1v) is 9.59. The van der Waals surface area contributed by atoms with Gasteiger partial charge in [-0.1, -0.05) is 13.0 Å². The first kappa shape index (κ1) is 20.2. The van der Waals surface area contributed by atoms with Crippen LogP contribution in [0.25, 0.3) is 0 Å². The van der Waals surface area contributed by atoms with Crippen LogP contribution in [-0.4, -0.2) is 35.0 Å². The molecule has 0 saturated carbocycles. The van der Waals surface area contributed by atoms with Gasteiger partial charge in [-0.15, -0.1) is 6.58 Å². The van der Waals surface area contributed by atoms with Gasteiger partial charge in [-0.05, 0) is 46.2 Å². The summed E-state index contributed by atoms with van der Waals surface area (Å²) < 4.78 is 16.7. The van der Waals surface area contributed by atoms with Crippen LogP contribution >= 0.6 is 0 Å². The van der Waals surface area contributed by atoms with Crippen LogP contribution in [0, 0.1) is 0 Å². The van der Waals surface area contributed by atoms with E-state index in [9.17, 15) is 0 Å². The average Bonchev–Trinajstić information content (AvgIpc) is 2.36. The fourth-order valence-electron chi connectivity index (χ4n) is 1.44. The van der Waals surface area contributed by atoms with Gasteiger partial charge in [-0.2, -0.15) is 0 Å². The Balaban J connectivity index is 0. The van der Waals surface area contributed by atoms with Crippen molar-refractivity contribution in [1.29, 1.82) is 0 Å². The zero-order valence-electron chi connectivity index (χ0n) is 13.0. The van der Waals surface area contributed by atoms with E-state index in [2.05, 4.69) is 20.0 Å². The summed E-state index contributed by atoms with van der Waals surface area (Å²) in [4.78, 5) is 0. The molecule has 0 aromatic carbocycles. The third kappa shape index (κ3) is 13.9. The highest BCUT2D eigenvalue weighted by Gasteiger charge is 2.29. The highest BCUT2D eigenvalue weighted by molar-refractivity contribution is 6.66. The molecule has 3 nitrogen and oxygen atoms in total. The lowest BCUT2D eigenvalue weighted by Crippen LogP contribution is -2.38. The lowest BCUT2D eigenvalue weighted by Gasteiger charge is -2.25. The molecule has 0 aliphatic heterocycles. The number of ether oxygens (including phenoxy) is 1. The van der Waals surface area contributed by atoms with Gasteiger partial charge in [0, 0.05) is 26.4 Å². The smallest absolute Gasteiger partial charge is 0.334 e. The number of allylic oxidation sites excluding steroid dienone is 1. The molecule has 110 valence electrons. The summed E-state index contributed by atoms with van der Waals surface area (Å²) >= 11 is 0. The number of hydrogen-bond acceptors (Lipinski definition) is 3. The Morgan fingerprint density at radius 3 is 1.83 bits per heavy atom. The number of rotatable bonds is 10. The van der Waals surface area contributed by atoms with Crippen molar-refractivity contribution in [2.75, 3.05) is 26.4 Å². The highest BCUT2D eigenvalue weighted by atomic mass is 28.4. The summed E-state index contributed by atoms with van der Waals surface area (Å²) in [5.74, 6) is 0. The molecule has 0 fully saturated rings. The molecule has 0 spiro atoms. The van der Waals surface area contributed by atoms with E-state index in [1.165, 1.54) is 0 Å². The average molecular weight is 276 g/mol. The molecule has 0 aromatic heterocycles. The third-order valence-corrected chi connectivity index (χ3v) is 5.37. The van der Waals surface area contributed by atoms with Crippen molar-refractivity contribution in [1.82, 2.24) is 0 Å². The molecule has 0 unspecified atom stereocenters. The summed E-state index contributed by atoms with van der Waals surface area (Å²) in [6, 6.07) is 1.02. The van der Waals surface area contributed by atoms with Gasteiger partial charge in [0.1, 0.15) is 0 Å². The Bertz CT molecular complexity index is 168. The van der Waals surface area contributed by atoms with Gasteiger partial charge in [-0.3, -0.25) is 0 Å². The maximum absolute atomic E-state index is 5.71. The van der Waals surface area contributed by atoms with Crippen LogP contribution in [0.1, 0.15) is 40.5 Å². The number of hydrogen-bond donors (Lipinski definition) is 0. The Hall–Kier alpha value is -0.163. The van der Waals surface area contributed by atoms with Crippen molar-refractivity contribution in [3.8, 4) is 0 Å². The fraction of sp³-hybridized carbons (Fsp3) is 0.857. The molecule has 0 aliphatic rings. The second-order valence-corrected chi connectivity index (χ2v) is 7.34. The molecular formula is C14H32O3Si. The van der Waals surface area contributed by atoms with Gasteiger partial charge >= 0.3 is 8.56 Å². The minimum Gasteiger partial charge on any atom is -0.395 e. The zero-order valence-corrected chi connectivity index (χ0v) is 14.0. The highest BCUT2D eigenvalue weighted by Crippen LogP contribution is 2.15. The summed E-state index contributed by atoms with van der Waals surface area (Å²) in [5, 5.41) is 0. The van der Waals surface area contributed by atoms with Crippen molar-refractivity contribution in [2.24, 2.45) is 0 Å². The second-order valence-electron chi connectivity index (χ2n) is 4.00. The van der Waals surface area contributed by atoms with Crippen LogP contribution in [0.2, 0.25) is 12.6 Å². The first-order valence-electron chi connectivity index (χ1n) is 7.06. The summed E-state index contributed by atoms with van der Waals surface area (Å²) in [7, 11) is -1.88. The normalized spacial score (nSPS) is 10.7. The van der Waals surface area contributed by atoms with Crippen LogP contribution in [-0.2, 0) is 13.6 Å². The molecule has 0 bridgehead atoms. The molecule has 0 atom stereocenters. The SMILES string of the molecule is C=CCC.CCOCCC[Si](C)(OCC)OCC. The zero-order chi connectivity index (χ0) is 14.3. The maximum Gasteiger partial charge on any atom is 0.334 e. The fourth-order valence-corrected chi connectivity index (χ4v) is 3.82. The Morgan fingerprint density at radius 2 is 1.50 bits per heavy atom. The van der Waals surface area contributed by atoms with Crippen molar-refractivity contribution in [2.45, 2.75) is 53.1 Å². The van der Waals surface area contributed by atoms with Crippen LogP contribution < -0.4 is 0 Å².